The molecule has 2 saturated carbocycles. The molecule has 3 rings (SSSR count). The van der Waals surface area contributed by atoms with Gasteiger partial charge in [0, 0.05) is 6.42 Å². The number of nitrogens with zero attached hydrogens (tertiary/aromatic N) is 1. The number of nitrogens with one attached hydrogen (secondary N) is 1. The molecule has 3 atom stereocenters. The van der Waals surface area contributed by atoms with Crippen molar-refractivity contribution < 1.29 is 4.79 Å². The van der Waals surface area contributed by atoms with Crippen molar-refractivity contribution in [1.29, 1.82) is 5.26 Å². The summed E-state index contributed by atoms with van der Waals surface area (Å²) in [7, 11) is 0. The highest BCUT2D eigenvalue weighted by Gasteiger charge is 2.41. The smallest absolute Gasteiger partial charge is 0.221 e. The van der Waals surface area contributed by atoms with Crippen LogP contribution in [-0.2, 0) is 4.79 Å². The van der Waals surface area contributed by atoms with Crippen molar-refractivity contribution in [3.8, 4) is 6.07 Å². The van der Waals surface area contributed by atoms with E-state index in [4.69, 9.17) is 0 Å². The number of rotatable bonds is 3. The molecule has 0 spiro atoms. The van der Waals surface area contributed by atoms with Gasteiger partial charge in [0.1, 0.15) is 5.54 Å². The summed E-state index contributed by atoms with van der Waals surface area (Å²) in [5.41, 5.74) is -0.569. The first kappa shape index (κ1) is 13.3. The van der Waals surface area contributed by atoms with Crippen LogP contribution >= 0.6 is 11.8 Å². The zero-order chi connectivity index (χ0) is 13.3. The minimum Gasteiger partial charge on any atom is -0.338 e. The number of amides is 1. The van der Waals surface area contributed by atoms with E-state index in [0.717, 1.165) is 36.2 Å². The van der Waals surface area contributed by atoms with E-state index in [1.54, 1.807) is 0 Å². The second-order valence-corrected chi connectivity index (χ2v) is 7.72. The van der Waals surface area contributed by atoms with Gasteiger partial charge in [0.15, 0.2) is 0 Å². The van der Waals surface area contributed by atoms with Gasteiger partial charge in [0.25, 0.3) is 0 Å². The molecule has 104 valence electrons. The molecule has 2 bridgehead atoms. The lowest BCUT2D eigenvalue weighted by atomic mass is 9.85. The van der Waals surface area contributed by atoms with Gasteiger partial charge in [0.2, 0.25) is 5.91 Å². The minimum atomic E-state index is -0.569. The molecule has 1 amide bonds. The first-order chi connectivity index (χ1) is 9.21. The Hall–Kier alpha value is -0.690. The lowest BCUT2D eigenvalue weighted by Crippen LogP contribution is -2.50. The monoisotopic (exact) mass is 278 g/mol. The average Bonchev–Trinajstić information content (AvgIpc) is 3.02. The molecule has 1 aliphatic heterocycles. The first-order valence-corrected chi connectivity index (χ1v) is 8.66. The van der Waals surface area contributed by atoms with Crippen LogP contribution in [0.15, 0.2) is 0 Å². The van der Waals surface area contributed by atoms with Gasteiger partial charge in [-0.15, -0.1) is 0 Å². The number of hydrogen-bond acceptors (Lipinski definition) is 3. The molecule has 1 heterocycles. The molecule has 2 aliphatic carbocycles. The molecule has 1 N–H and O–H groups in total. The van der Waals surface area contributed by atoms with Gasteiger partial charge >= 0.3 is 0 Å². The number of thioether (sulfide) groups is 1. The van der Waals surface area contributed by atoms with Crippen LogP contribution in [-0.4, -0.2) is 23.0 Å². The maximum Gasteiger partial charge on any atom is 0.221 e. The number of fused-ring (bicyclic) bond motifs is 2. The van der Waals surface area contributed by atoms with E-state index in [9.17, 15) is 10.1 Å². The predicted octanol–water partition coefficient (Wildman–Crippen LogP) is 2.72. The molecule has 0 aromatic heterocycles. The summed E-state index contributed by atoms with van der Waals surface area (Å²) in [5, 5.41) is 12.4. The molecule has 3 aliphatic rings. The summed E-state index contributed by atoms with van der Waals surface area (Å²) < 4.78 is 0. The summed E-state index contributed by atoms with van der Waals surface area (Å²) >= 11 is 1.88. The Balaban J connectivity index is 1.54. The predicted molar refractivity (Wildman–Crippen MR) is 76.6 cm³/mol. The third-order valence-corrected chi connectivity index (χ3v) is 6.26. The Labute approximate surface area is 119 Å². The Bertz CT molecular complexity index is 397. The summed E-state index contributed by atoms with van der Waals surface area (Å²) in [6.45, 7) is 0. The van der Waals surface area contributed by atoms with Gasteiger partial charge in [-0.25, -0.2) is 0 Å². The highest BCUT2D eigenvalue weighted by molar-refractivity contribution is 7.99. The maximum absolute atomic E-state index is 12.2. The van der Waals surface area contributed by atoms with E-state index in [2.05, 4.69) is 11.4 Å². The third kappa shape index (κ3) is 2.76. The van der Waals surface area contributed by atoms with Gasteiger partial charge in [-0.3, -0.25) is 4.79 Å². The minimum absolute atomic E-state index is 0.117. The molecule has 3 nitrogen and oxygen atoms in total. The van der Waals surface area contributed by atoms with Crippen LogP contribution in [0.2, 0.25) is 0 Å². The normalized spacial score (nSPS) is 35.8. The molecule has 0 radical (unpaired) electrons. The summed E-state index contributed by atoms with van der Waals surface area (Å²) in [4.78, 5) is 12.2. The van der Waals surface area contributed by atoms with Crippen molar-refractivity contribution in [2.75, 3.05) is 11.5 Å². The van der Waals surface area contributed by atoms with E-state index in [0.29, 0.717) is 12.3 Å². The van der Waals surface area contributed by atoms with Gasteiger partial charge in [-0.2, -0.15) is 17.0 Å². The molecule has 0 aromatic rings. The zero-order valence-electron chi connectivity index (χ0n) is 11.4. The van der Waals surface area contributed by atoms with Crippen LogP contribution < -0.4 is 5.32 Å². The second kappa shape index (κ2) is 5.36. The molecule has 19 heavy (non-hydrogen) atoms. The van der Waals surface area contributed by atoms with E-state index in [1.807, 2.05) is 11.8 Å². The molecular formula is C15H22N2OS. The molecular weight excluding hydrogens is 256 g/mol. The lowest BCUT2D eigenvalue weighted by molar-refractivity contribution is -0.123. The fraction of sp³-hybridized carbons (Fsp3) is 0.867. The Morgan fingerprint density at radius 3 is 2.68 bits per heavy atom. The largest absolute Gasteiger partial charge is 0.338 e. The summed E-state index contributed by atoms with van der Waals surface area (Å²) in [6.07, 6.45) is 7.54. The second-order valence-electron chi connectivity index (χ2n) is 6.49. The average molecular weight is 278 g/mol. The molecule has 1 saturated heterocycles. The molecule has 0 aromatic carbocycles. The van der Waals surface area contributed by atoms with Crippen LogP contribution in [0.4, 0.5) is 0 Å². The quantitative estimate of drug-likeness (QED) is 0.863. The Morgan fingerprint density at radius 1 is 1.32 bits per heavy atom. The number of carbonyl (C=O) groups is 1. The van der Waals surface area contributed by atoms with E-state index in [1.165, 1.54) is 25.7 Å². The van der Waals surface area contributed by atoms with E-state index >= 15 is 0 Å². The fourth-order valence-electron chi connectivity index (χ4n) is 4.17. The van der Waals surface area contributed by atoms with E-state index in [-0.39, 0.29) is 5.91 Å². The number of nitriles is 1. The van der Waals surface area contributed by atoms with Crippen molar-refractivity contribution >= 4 is 17.7 Å². The highest BCUT2D eigenvalue weighted by atomic mass is 32.2. The van der Waals surface area contributed by atoms with Crippen LogP contribution in [0, 0.1) is 29.1 Å². The standard InChI is InChI=1S/C15H22N2OS/c16-10-15(3-5-19-6-4-15)17-14(18)9-13-8-11-1-2-12(13)7-11/h11-13H,1-9H2,(H,17,18)/t11-,12-,13+/m0/s1. The van der Waals surface area contributed by atoms with Crippen molar-refractivity contribution in [1.82, 2.24) is 5.32 Å². The highest BCUT2D eigenvalue weighted by Crippen LogP contribution is 2.49. The van der Waals surface area contributed by atoms with Crippen molar-refractivity contribution in [3.63, 3.8) is 0 Å². The SMILES string of the molecule is N#CC1(NC(=O)C[C@H]2C[C@H]3CC[C@H]2C3)CCSCC1. The van der Waals surface area contributed by atoms with Crippen molar-refractivity contribution in [3.05, 3.63) is 0 Å². The summed E-state index contributed by atoms with van der Waals surface area (Å²) in [6, 6.07) is 2.36. The van der Waals surface area contributed by atoms with Gasteiger partial charge in [0.05, 0.1) is 6.07 Å². The Morgan fingerprint density at radius 2 is 2.11 bits per heavy atom. The number of hydrogen-bond donors (Lipinski definition) is 1. The first-order valence-electron chi connectivity index (χ1n) is 7.51. The lowest BCUT2D eigenvalue weighted by Gasteiger charge is -2.32. The molecule has 4 heteroatoms. The van der Waals surface area contributed by atoms with Gasteiger partial charge in [-0.05, 0) is 61.4 Å². The van der Waals surface area contributed by atoms with Crippen LogP contribution in [0.3, 0.4) is 0 Å². The zero-order valence-corrected chi connectivity index (χ0v) is 12.2. The fourth-order valence-corrected chi connectivity index (χ4v) is 5.36. The molecule has 3 fully saturated rings. The van der Waals surface area contributed by atoms with Crippen LogP contribution in [0.1, 0.15) is 44.9 Å². The Kier molecular flexibility index (Phi) is 3.75. The number of carbonyl (C=O) groups excluding carboxylic acids is 1. The van der Waals surface area contributed by atoms with Crippen molar-refractivity contribution in [2.24, 2.45) is 17.8 Å². The van der Waals surface area contributed by atoms with Gasteiger partial charge < -0.3 is 5.32 Å². The summed E-state index contributed by atoms with van der Waals surface area (Å²) in [5.74, 6) is 4.36. The van der Waals surface area contributed by atoms with Crippen LogP contribution in [0.25, 0.3) is 0 Å². The third-order valence-electron chi connectivity index (χ3n) is 5.27. The van der Waals surface area contributed by atoms with Gasteiger partial charge in [-0.1, -0.05) is 6.42 Å². The van der Waals surface area contributed by atoms with E-state index < -0.39 is 5.54 Å². The molecule has 0 unspecified atom stereocenters. The maximum atomic E-state index is 12.2. The van der Waals surface area contributed by atoms with Crippen molar-refractivity contribution in [2.45, 2.75) is 50.5 Å². The topological polar surface area (TPSA) is 52.9 Å². The van der Waals surface area contributed by atoms with Crippen LogP contribution in [0.5, 0.6) is 0 Å².